The zero-order valence-corrected chi connectivity index (χ0v) is 11.0. The van der Waals surface area contributed by atoms with Crippen LogP contribution in [0.5, 0.6) is 0 Å². The minimum atomic E-state index is -3.33. The molecule has 1 aliphatic heterocycles. The van der Waals surface area contributed by atoms with Gasteiger partial charge in [0.15, 0.2) is 0 Å². The molecular weight excluding hydrogens is 226 g/mol. The molecule has 0 aromatic rings. The Labute approximate surface area is 98.4 Å². The predicted octanol–water partition coefficient (Wildman–Crippen LogP) is -0.405. The molecule has 0 saturated carbocycles. The van der Waals surface area contributed by atoms with E-state index in [1.165, 1.54) is 19.4 Å². The van der Waals surface area contributed by atoms with Crippen molar-refractivity contribution in [3.63, 3.8) is 0 Å². The van der Waals surface area contributed by atoms with E-state index in [4.69, 9.17) is 5.14 Å². The van der Waals surface area contributed by atoms with Gasteiger partial charge >= 0.3 is 0 Å². The van der Waals surface area contributed by atoms with Crippen LogP contribution in [0.1, 0.15) is 19.8 Å². The minimum Gasteiger partial charge on any atom is -0.313 e. The molecule has 0 bridgehead atoms. The molecular formula is C10H23N3O2S. The molecule has 16 heavy (non-hydrogen) atoms. The maximum absolute atomic E-state index is 10.8. The van der Waals surface area contributed by atoms with Gasteiger partial charge in [0.2, 0.25) is 10.0 Å². The molecule has 3 N–H and O–H groups in total. The number of nitrogens with one attached hydrogen (secondary N) is 1. The van der Waals surface area contributed by atoms with Gasteiger partial charge in [-0.05, 0) is 39.3 Å². The normalized spacial score (nSPS) is 25.6. The van der Waals surface area contributed by atoms with Gasteiger partial charge in [-0.15, -0.1) is 0 Å². The molecule has 2 unspecified atom stereocenters. The Hall–Kier alpha value is -0.170. The second kappa shape index (κ2) is 5.95. The smallest absolute Gasteiger partial charge is 0.210 e. The number of nitrogens with zero attached hydrogens (tertiary/aromatic N) is 1. The lowest BCUT2D eigenvalue weighted by atomic mass is 9.92. The van der Waals surface area contributed by atoms with Crippen molar-refractivity contribution in [3.05, 3.63) is 0 Å². The van der Waals surface area contributed by atoms with Crippen LogP contribution in [0.3, 0.4) is 0 Å². The largest absolute Gasteiger partial charge is 0.313 e. The Morgan fingerprint density at radius 2 is 2.25 bits per heavy atom. The van der Waals surface area contributed by atoms with Crippen LogP contribution in [0.25, 0.3) is 0 Å². The van der Waals surface area contributed by atoms with Gasteiger partial charge in [0, 0.05) is 19.1 Å². The van der Waals surface area contributed by atoms with Crippen molar-refractivity contribution in [3.8, 4) is 0 Å². The number of sulfonamides is 1. The Bertz CT molecular complexity index is 305. The van der Waals surface area contributed by atoms with Crippen LogP contribution in [0, 0.1) is 5.92 Å². The fourth-order valence-corrected chi connectivity index (χ4v) is 2.61. The van der Waals surface area contributed by atoms with Crippen molar-refractivity contribution < 1.29 is 8.42 Å². The van der Waals surface area contributed by atoms with Crippen molar-refractivity contribution in [2.45, 2.75) is 25.8 Å². The Balaban J connectivity index is 2.26. The van der Waals surface area contributed by atoms with E-state index < -0.39 is 10.0 Å². The first-order valence-electron chi connectivity index (χ1n) is 5.81. The van der Waals surface area contributed by atoms with Crippen molar-refractivity contribution in [1.29, 1.82) is 0 Å². The lowest BCUT2D eigenvalue weighted by molar-refractivity contribution is 0.180. The molecule has 0 radical (unpaired) electrons. The zero-order chi connectivity index (χ0) is 12.2. The molecule has 0 amide bonds. The predicted molar refractivity (Wildman–Crippen MR) is 65.7 cm³/mol. The third-order valence-corrected chi connectivity index (χ3v) is 3.99. The summed E-state index contributed by atoms with van der Waals surface area (Å²) in [5, 5.41) is 8.19. The van der Waals surface area contributed by atoms with E-state index in [2.05, 4.69) is 24.2 Å². The molecule has 0 aromatic heterocycles. The first kappa shape index (κ1) is 13.9. The number of primary sulfonamides is 1. The molecule has 96 valence electrons. The van der Waals surface area contributed by atoms with Crippen LogP contribution in [0.4, 0.5) is 0 Å². The number of rotatable bonds is 5. The van der Waals surface area contributed by atoms with E-state index in [-0.39, 0.29) is 5.75 Å². The van der Waals surface area contributed by atoms with Crippen molar-refractivity contribution in [2.24, 2.45) is 11.1 Å². The molecule has 1 heterocycles. The number of hydrogen-bond donors (Lipinski definition) is 2. The summed E-state index contributed by atoms with van der Waals surface area (Å²) >= 11 is 0. The maximum atomic E-state index is 10.8. The molecule has 1 aliphatic rings. The summed E-state index contributed by atoms with van der Waals surface area (Å²) in [5.41, 5.74) is 0. The highest BCUT2D eigenvalue weighted by Gasteiger charge is 2.22. The van der Waals surface area contributed by atoms with Crippen LogP contribution in [-0.4, -0.2) is 51.8 Å². The Morgan fingerprint density at radius 1 is 1.56 bits per heavy atom. The summed E-state index contributed by atoms with van der Waals surface area (Å²) in [6.45, 7) is 4.82. The van der Waals surface area contributed by atoms with Gasteiger partial charge in [0.1, 0.15) is 0 Å². The summed E-state index contributed by atoms with van der Waals surface area (Å²) < 4.78 is 21.5. The number of nitrogens with two attached hydrogens (primary N) is 1. The van der Waals surface area contributed by atoms with Gasteiger partial charge in [-0.2, -0.15) is 0 Å². The average molecular weight is 249 g/mol. The first-order chi connectivity index (χ1) is 7.38. The molecule has 2 atom stereocenters. The third kappa shape index (κ3) is 5.25. The highest BCUT2D eigenvalue weighted by Crippen LogP contribution is 2.18. The van der Waals surface area contributed by atoms with E-state index in [1.54, 1.807) is 0 Å². The highest BCUT2D eigenvalue weighted by molar-refractivity contribution is 7.89. The average Bonchev–Trinajstić information content (AvgIpc) is 2.15. The third-order valence-electron chi connectivity index (χ3n) is 3.22. The fraction of sp³-hybridized carbons (Fsp3) is 1.00. The highest BCUT2D eigenvalue weighted by atomic mass is 32.2. The molecule has 1 fully saturated rings. The Morgan fingerprint density at radius 3 is 2.81 bits per heavy atom. The first-order valence-corrected chi connectivity index (χ1v) is 7.52. The van der Waals surface area contributed by atoms with E-state index in [9.17, 15) is 8.42 Å². The van der Waals surface area contributed by atoms with E-state index in [1.807, 2.05) is 0 Å². The minimum absolute atomic E-state index is 0.0138. The molecule has 0 spiro atoms. The summed E-state index contributed by atoms with van der Waals surface area (Å²) in [5.74, 6) is 0.624. The van der Waals surface area contributed by atoms with E-state index in [0.29, 0.717) is 18.5 Å². The standard InChI is InChI=1S/C10H23N3O2S/c1-9(12-5-7-16(11,14)15)10-4-3-6-13(2)8-10/h9-10,12H,3-8H2,1-2H3,(H2,11,14,15). The number of hydrogen-bond acceptors (Lipinski definition) is 4. The van der Waals surface area contributed by atoms with Gasteiger partial charge in [-0.3, -0.25) is 0 Å². The summed E-state index contributed by atoms with van der Waals surface area (Å²) in [4.78, 5) is 2.33. The monoisotopic (exact) mass is 249 g/mol. The van der Waals surface area contributed by atoms with Crippen LogP contribution in [-0.2, 0) is 10.0 Å². The van der Waals surface area contributed by atoms with Crippen LogP contribution in [0.2, 0.25) is 0 Å². The number of likely N-dealkylation sites (tertiary alicyclic amines) is 1. The van der Waals surface area contributed by atoms with Gasteiger partial charge in [-0.25, -0.2) is 13.6 Å². The van der Waals surface area contributed by atoms with Crippen molar-refractivity contribution in [1.82, 2.24) is 10.2 Å². The van der Waals surface area contributed by atoms with E-state index in [0.717, 1.165) is 6.54 Å². The second-order valence-electron chi connectivity index (χ2n) is 4.77. The summed E-state index contributed by atoms with van der Waals surface area (Å²) in [6, 6.07) is 0.351. The van der Waals surface area contributed by atoms with Crippen LogP contribution < -0.4 is 10.5 Å². The Kier molecular flexibility index (Phi) is 5.17. The number of piperidine rings is 1. The molecule has 1 rings (SSSR count). The summed E-state index contributed by atoms with van der Waals surface area (Å²) in [7, 11) is -1.21. The lowest BCUT2D eigenvalue weighted by Gasteiger charge is -2.33. The van der Waals surface area contributed by atoms with Crippen LogP contribution >= 0.6 is 0 Å². The fourth-order valence-electron chi connectivity index (χ4n) is 2.21. The van der Waals surface area contributed by atoms with Gasteiger partial charge in [-0.1, -0.05) is 0 Å². The van der Waals surface area contributed by atoms with Crippen molar-refractivity contribution >= 4 is 10.0 Å². The zero-order valence-electron chi connectivity index (χ0n) is 10.1. The molecule has 0 aliphatic carbocycles. The second-order valence-corrected chi connectivity index (χ2v) is 6.51. The topological polar surface area (TPSA) is 75.4 Å². The summed E-state index contributed by atoms with van der Waals surface area (Å²) in [6.07, 6.45) is 2.44. The molecule has 0 aromatic carbocycles. The maximum Gasteiger partial charge on any atom is 0.210 e. The van der Waals surface area contributed by atoms with E-state index >= 15 is 0 Å². The molecule has 1 saturated heterocycles. The lowest BCUT2D eigenvalue weighted by Crippen LogP contribution is -2.44. The molecule has 5 nitrogen and oxygen atoms in total. The van der Waals surface area contributed by atoms with Crippen molar-refractivity contribution in [2.75, 3.05) is 32.4 Å². The van der Waals surface area contributed by atoms with Gasteiger partial charge in [0.05, 0.1) is 5.75 Å². The van der Waals surface area contributed by atoms with Gasteiger partial charge in [0.25, 0.3) is 0 Å². The quantitative estimate of drug-likeness (QED) is 0.695. The van der Waals surface area contributed by atoms with Crippen LogP contribution in [0.15, 0.2) is 0 Å². The SMILES string of the molecule is CC(NCCS(N)(=O)=O)C1CCCN(C)C1. The molecule has 6 heteroatoms. The van der Waals surface area contributed by atoms with Gasteiger partial charge < -0.3 is 10.2 Å².